The Kier molecular flexibility index (Phi) is 4.32. The molecular weight excluding hydrogens is 306 g/mol. The van der Waals surface area contributed by atoms with Crippen molar-refractivity contribution in [3.05, 3.63) is 26.6 Å². The molecule has 2 heterocycles. The maximum Gasteiger partial charge on any atom is 0.349 e. The first kappa shape index (κ1) is 16.2. The molecule has 1 atom stereocenters. The number of amides is 1. The number of carbonyl (C=O) groups is 2. The minimum Gasteiger partial charge on any atom is -0.448 e. The van der Waals surface area contributed by atoms with E-state index in [1.165, 1.54) is 11.8 Å². The lowest BCUT2D eigenvalue weighted by molar-refractivity contribution is -0.137. The van der Waals surface area contributed by atoms with Gasteiger partial charge in [0.2, 0.25) is 0 Å². The van der Waals surface area contributed by atoms with Gasteiger partial charge in [-0.25, -0.2) is 9.78 Å². The molecule has 0 saturated carbocycles. The molecule has 0 aliphatic rings. The molecule has 7 nitrogen and oxygen atoms in total. The Bertz CT molecular complexity index is 806. The van der Waals surface area contributed by atoms with E-state index in [1.807, 2.05) is 0 Å². The van der Waals surface area contributed by atoms with Crippen molar-refractivity contribution in [1.29, 1.82) is 0 Å². The molecule has 0 bridgehead atoms. The fourth-order valence-electron chi connectivity index (χ4n) is 2.07. The van der Waals surface area contributed by atoms with Gasteiger partial charge in [0.15, 0.2) is 6.10 Å². The summed E-state index contributed by atoms with van der Waals surface area (Å²) in [7, 11) is 3.17. The van der Waals surface area contributed by atoms with E-state index in [0.29, 0.717) is 21.6 Å². The van der Waals surface area contributed by atoms with E-state index in [4.69, 9.17) is 4.74 Å². The highest BCUT2D eigenvalue weighted by atomic mass is 32.1. The molecule has 2 rings (SSSR count). The van der Waals surface area contributed by atoms with Gasteiger partial charge in [0.25, 0.3) is 11.5 Å². The van der Waals surface area contributed by atoms with Crippen molar-refractivity contribution >= 4 is 33.4 Å². The zero-order chi connectivity index (χ0) is 16.6. The summed E-state index contributed by atoms with van der Waals surface area (Å²) in [5.74, 6) is -0.450. The minimum absolute atomic E-state index is 0.285. The zero-order valence-electron chi connectivity index (χ0n) is 13.0. The Hall–Kier alpha value is -2.22. The van der Waals surface area contributed by atoms with Gasteiger partial charge in [0, 0.05) is 14.1 Å². The van der Waals surface area contributed by atoms with Gasteiger partial charge in [-0.3, -0.25) is 9.59 Å². The van der Waals surface area contributed by atoms with Crippen LogP contribution in [-0.2, 0) is 9.53 Å². The van der Waals surface area contributed by atoms with Crippen LogP contribution < -0.4 is 5.56 Å². The Labute approximate surface area is 130 Å². The molecule has 0 spiro atoms. The fourth-order valence-corrected chi connectivity index (χ4v) is 3.18. The molecule has 0 radical (unpaired) electrons. The van der Waals surface area contributed by atoms with Gasteiger partial charge in [-0.15, -0.1) is 11.3 Å². The van der Waals surface area contributed by atoms with Crippen molar-refractivity contribution in [2.24, 2.45) is 0 Å². The van der Waals surface area contributed by atoms with Gasteiger partial charge < -0.3 is 14.6 Å². The second-order valence-corrected chi connectivity index (χ2v) is 6.17. The number of aromatic nitrogens is 2. The average Bonchev–Trinajstić information content (AvgIpc) is 2.74. The summed E-state index contributed by atoms with van der Waals surface area (Å²) in [6.45, 7) is 4.85. The predicted octanol–water partition coefficient (Wildman–Crippen LogP) is 1.23. The maximum atomic E-state index is 12.2. The molecule has 8 heteroatoms. The van der Waals surface area contributed by atoms with Crippen molar-refractivity contribution in [2.45, 2.75) is 26.9 Å². The molecular formula is C14H17N3O4S. The number of carbonyl (C=O) groups excluding carboxylic acids is 2. The number of ether oxygens (including phenoxy) is 1. The number of nitrogens with zero attached hydrogens (tertiary/aromatic N) is 2. The smallest absolute Gasteiger partial charge is 0.349 e. The number of fused-ring (bicyclic) bond motifs is 1. The molecule has 1 N–H and O–H groups in total. The average molecular weight is 323 g/mol. The lowest BCUT2D eigenvalue weighted by Crippen LogP contribution is -2.34. The summed E-state index contributed by atoms with van der Waals surface area (Å²) in [6.07, 6.45) is -0.889. The van der Waals surface area contributed by atoms with E-state index in [-0.39, 0.29) is 16.3 Å². The summed E-state index contributed by atoms with van der Waals surface area (Å²) < 4.78 is 5.18. The summed E-state index contributed by atoms with van der Waals surface area (Å²) in [4.78, 5) is 44.9. The summed E-state index contributed by atoms with van der Waals surface area (Å²) >= 11 is 1.09. The first-order valence-corrected chi connectivity index (χ1v) is 7.46. The van der Waals surface area contributed by atoms with Gasteiger partial charge >= 0.3 is 5.97 Å². The molecule has 0 aliphatic carbocycles. The normalized spacial score (nSPS) is 12.2. The van der Waals surface area contributed by atoms with Gasteiger partial charge in [-0.2, -0.15) is 0 Å². The molecule has 0 saturated heterocycles. The monoisotopic (exact) mass is 323 g/mol. The Morgan fingerprint density at radius 3 is 2.55 bits per heavy atom. The number of H-pyrrole nitrogens is 1. The third-order valence-corrected chi connectivity index (χ3v) is 4.34. The van der Waals surface area contributed by atoms with E-state index in [1.54, 1.807) is 27.9 Å². The summed E-state index contributed by atoms with van der Waals surface area (Å²) in [5, 5.41) is 0.383. The minimum atomic E-state index is -0.889. The topological polar surface area (TPSA) is 92.4 Å². The number of rotatable bonds is 3. The molecule has 2 aromatic rings. The lowest BCUT2D eigenvalue weighted by atomic mass is 10.2. The van der Waals surface area contributed by atoms with E-state index < -0.39 is 12.1 Å². The number of likely N-dealkylation sites (N-methyl/N-ethyl adjacent to an activating group) is 1. The SMILES string of the molecule is Cc1nc2sc(C(=O)O[C@@H](C)C(=O)N(C)C)c(C)c2c(=O)[nH]1. The van der Waals surface area contributed by atoms with Gasteiger partial charge in [0.05, 0.1) is 5.39 Å². The highest BCUT2D eigenvalue weighted by Gasteiger charge is 2.24. The number of esters is 1. The fraction of sp³-hybridized carbons (Fsp3) is 0.429. The van der Waals surface area contributed by atoms with Crippen LogP contribution in [0.25, 0.3) is 10.2 Å². The Balaban J connectivity index is 2.37. The predicted molar refractivity (Wildman–Crippen MR) is 83.3 cm³/mol. The molecule has 118 valence electrons. The van der Waals surface area contributed by atoms with Crippen LogP contribution in [0.4, 0.5) is 0 Å². The largest absolute Gasteiger partial charge is 0.448 e. The summed E-state index contributed by atoms with van der Waals surface area (Å²) in [5.41, 5.74) is 0.232. The standard InChI is InChI=1S/C14H17N3O4S/c1-6-9-11(18)15-8(3)16-12(9)22-10(6)14(20)21-7(2)13(19)17(4)5/h7H,1-5H3,(H,15,16,18)/t7-/m0/s1. The van der Waals surface area contributed by atoms with Crippen LogP contribution in [-0.4, -0.2) is 46.9 Å². The van der Waals surface area contributed by atoms with Crippen molar-refractivity contribution in [2.75, 3.05) is 14.1 Å². The lowest BCUT2D eigenvalue weighted by Gasteiger charge is -2.16. The highest BCUT2D eigenvalue weighted by Crippen LogP contribution is 2.27. The molecule has 22 heavy (non-hydrogen) atoms. The van der Waals surface area contributed by atoms with Crippen LogP contribution in [0.2, 0.25) is 0 Å². The van der Waals surface area contributed by atoms with E-state index >= 15 is 0 Å². The van der Waals surface area contributed by atoms with Gasteiger partial charge in [-0.05, 0) is 26.3 Å². The maximum absolute atomic E-state index is 12.2. The number of thiophene rings is 1. The first-order chi connectivity index (χ1) is 10.2. The molecule has 0 aliphatic heterocycles. The van der Waals surface area contributed by atoms with Crippen molar-refractivity contribution in [1.82, 2.24) is 14.9 Å². The molecule has 2 aromatic heterocycles. The van der Waals surface area contributed by atoms with Crippen LogP contribution in [0.1, 0.15) is 28.0 Å². The summed E-state index contributed by atoms with van der Waals surface area (Å²) in [6, 6.07) is 0. The van der Waals surface area contributed by atoms with E-state index in [9.17, 15) is 14.4 Å². The van der Waals surface area contributed by atoms with Crippen LogP contribution in [0.15, 0.2) is 4.79 Å². The van der Waals surface area contributed by atoms with E-state index in [2.05, 4.69) is 9.97 Å². The molecule has 1 amide bonds. The van der Waals surface area contributed by atoms with Crippen LogP contribution in [0, 0.1) is 13.8 Å². The highest BCUT2D eigenvalue weighted by molar-refractivity contribution is 7.20. The molecule has 0 fully saturated rings. The second kappa shape index (κ2) is 5.88. The Morgan fingerprint density at radius 2 is 1.95 bits per heavy atom. The van der Waals surface area contributed by atoms with Gasteiger partial charge in [-0.1, -0.05) is 0 Å². The van der Waals surface area contributed by atoms with Crippen LogP contribution in [0.3, 0.4) is 0 Å². The van der Waals surface area contributed by atoms with Crippen molar-refractivity contribution in [3.63, 3.8) is 0 Å². The third kappa shape index (κ3) is 2.87. The van der Waals surface area contributed by atoms with Crippen molar-refractivity contribution in [3.8, 4) is 0 Å². The third-order valence-electron chi connectivity index (χ3n) is 3.18. The molecule has 0 unspecified atom stereocenters. The quantitative estimate of drug-likeness (QED) is 0.858. The molecule has 0 aromatic carbocycles. The number of hydrogen-bond acceptors (Lipinski definition) is 6. The van der Waals surface area contributed by atoms with Crippen molar-refractivity contribution < 1.29 is 14.3 Å². The first-order valence-electron chi connectivity index (χ1n) is 6.64. The van der Waals surface area contributed by atoms with E-state index in [0.717, 1.165) is 11.3 Å². The van der Waals surface area contributed by atoms with Crippen LogP contribution in [0.5, 0.6) is 0 Å². The number of aryl methyl sites for hydroxylation is 2. The zero-order valence-corrected chi connectivity index (χ0v) is 13.8. The number of aromatic amines is 1. The van der Waals surface area contributed by atoms with Crippen LogP contribution >= 0.6 is 11.3 Å². The van der Waals surface area contributed by atoms with Gasteiger partial charge in [0.1, 0.15) is 15.5 Å². The number of hydrogen-bond donors (Lipinski definition) is 1. The Morgan fingerprint density at radius 1 is 1.32 bits per heavy atom. The number of nitrogens with one attached hydrogen (secondary N) is 1. The second-order valence-electron chi connectivity index (χ2n) is 5.17.